The summed E-state index contributed by atoms with van der Waals surface area (Å²) in [6.07, 6.45) is 0. The summed E-state index contributed by atoms with van der Waals surface area (Å²) in [7, 11) is 0. The second kappa shape index (κ2) is 6.03. The van der Waals surface area contributed by atoms with Crippen LogP contribution in [-0.2, 0) is 9.53 Å². The van der Waals surface area contributed by atoms with E-state index in [9.17, 15) is 9.18 Å². The van der Waals surface area contributed by atoms with E-state index in [1.165, 1.54) is 6.07 Å². The molecule has 0 radical (unpaired) electrons. The molecule has 4 heteroatoms. The van der Waals surface area contributed by atoms with Gasteiger partial charge in [-0.25, -0.2) is 9.18 Å². The highest BCUT2D eigenvalue weighted by Crippen LogP contribution is 2.18. The second-order valence-electron chi connectivity index (χ2n) is 3.55. The lowest BCUT2D eigenvalue weighted by atomic mass is 10.2. The molecule has 0 heterocycles. The zero-order chi connectivity index (χ0) is 12.8. The van der Waals surface area contributed by atoms with Gasteiger partial charge in [0.2, 0.25) is 0 Å². The molecule has 0 atom stereocenters. The van der Waals surface area contributed by atoms with E-state index in [0.717, 1.165) is 5.56 Å². The fourth-order valence-corrected chi connectivity index (χ4v) is 1.18. The number of carbonyl (C=O) groups excluding carboxylic acids is 1. The summed E-state index contributed by atoms with van der Waals surface area (Å²) < 4.78 is 23.2. The van der Waals surface area contributed by atoms with Gasteiger partial charge in [-0.05, 0) is 31.5 Å². The second-order valence-corrected chi connectivity index (χ2v) is 3.55. The third-order valence-electron chi connectivity index (χ3n) is 2.05. The zero-order valence-electron chi connectivity index (χ0n) is 9.96. The minimum atomic E-state index is -0.527. The van der Waals surface area contributed by atoms with Gasteiger partial charge in [0.15, 0.2) is 11.6 Å². The smallest absolute Gasteiger partial charge is 0.336 e. The van der Waals surface area contributed by atoms with Crippen molar-refractivity contribution in [1.82, 2.24) is 0 Å². The number of hydrogen-bond donors (Lipinski definition) is 0. The molecular formula is C13H15FO3. The number of hydrogen-bond acceptors (Lipinski definition) is 3. The first kappa shape index (κ1) is 13.2. The molecule has 0 saturated heterocycles. The first-order chi connectivity index (χ1) is 8.04. The Morgan fingerprint density at radius 1 is 1.47 bits per heavy atom. The number of ether oxygens (including phenoxy) is 2. The Kier molecular flexibility index (Phi) is 4.69. The van der Waals surface area contributed by atoms with Gasteiger partial charge in [0.25, 0.3) is 0 Å². The number of halogens is 1. The van der Waals surface area contributed by atoms with Crippen molar-refractivity contribution < 1.29 is 18.7 Å². The van der Waals surface area contributed by atoms with Crippen LogP contribution in [0.1, 0.15) is 12.5 Å². The molecule has 3 nitrogen and oxygen atoms in total. The molecule has 0 aliphatic carbocycles. The molecule has 0 aliphatic heterocycles. The van der Waals surface area contributed by atoms with Crippen LogP contribution in [-0.4, -0.2) is 19.2 Å². The average Bonchev–Trinajstić information content (AvgIpc) is 2.30. The molecule has 0 aromatic heterocycles. The summed E-state index contributed by atoms with van der Waals surface area (Å²) in [5.74, 6) is -0.886. The molecule has 0 amide bonds. The van der Waals surface area contributed by atoms with Crippen LogP contribution in [0.15, 0.2) is 30.4 Å². The highest BCUT2D eigenvalue weighted by atomic mass is 19.1. The minimum absolute atomic E-state index is 0.0841. The van der Waals surface area contributed by atoms with E-state index in [-0.39, 0.29) is 24.5 Å². The Balaban J connectivity index is 2.58. The van der Waals surface area contributed by atoms with Crippen LogP contribution < -0.4 is 4.74 Å². The molecule has 1 aromatic rings. The summed E-state index contributed by atoms with van der Waals surface area (Å²) >= 11 is 0. The predicted octanol–water partition coefficient (Wildman–Crippen LogP) is 2.63. The summed E-state index contributed by atoms with van der Waals surface area (Å²) in [5, 5.41) is 0. The molecule has 0 unspecified atom stereocenters. The van der Waals surface area contributed by atoms with Crippen LogP contribution in [0.3, 0.4) is 0 Å². The maximum Gasteiger partial charge on any atom is 0.336 e. The van der Waals surface area contributed by atoms with E-state index < -0.39 is 11.8 Å². The Labute approximate surface area is 99.9 Å². The average molecular weight is 238 g/mol. The van der Waals surface area contributed by atoms with Gasteiger partial charge in [-0.2, -0.15) is 0 Å². The Morgan fingerprint density at radius 3 is 2.82 bits per heavy atom. The number of carbonyl (C=O) groups is 1. The number of esters is 1. The van der Waals surface area contributed by atoms with E-state index in [4.69, 9.17) is 9.47 Å². The van der Waals surface area contributed by atoms with Crippen molar-refractivity contribution in [3.05, 3.63) is 41.7 Å². The number of benzene rings is 1. The third-order valence-corrected chi connectivity index (χ3v) is 2.05. The number of aryl methyl sites for hydroxylation is 1. The Hall–Kier alpha value is -1.84. The summed E-state index contributed by atoms with van der Waals surface area (Å²) in [6, 6.07) is 4.52. The maximum absolute atomic E-state index is 13.3. The quantitative estimate of drug-likeness (QED) is 0.584. The van der Waals surface area contributed by atoms with Crippen molar-refractivity contribution in [2.45, 2.75) is 13.8 Å². The highest BCUT2D eigenvalue weighted by Gasteiger charge is 2.10. The van der Waals surface area contributed by atoms with Gasteiger partial charge >= 0.3 is 5.97 Å². The van der Waals surface area contributed by atoms with Gasteiger partial charge in [0.05, 0.1) is 12.2 Å². The molecule has 0 aliphatic rings. The summed E-state index contributed by atoms with van der Waals surface area (Å²) in [6.45, 7) is 7.24. The SMILES string of the molecule is C=C(COc1cc(C)ccc1F)C(=O)OCC. The van der Waals surface area contributed by atoms with Gasteiger partial charge in [-0.1, -0.05) is 12.6 Å². The molecule has 1 aromatic carbocycles. The lowest BCUT2D eigenvalue weighted by Crippen LogP contribution is -2.13. The lowest BCUT2D eigenvalue weighted by Gasteiger charge is -2.09. The van der Waals surface area contributed by atoms with Crippen LogP contribution in [0.25, 0.3) is 0 Å². The van der Waals surface area contributed by atoms with Crippen molar-refractivity contribution in [3.8, 4) is 5.75 Å². The van der Waals surface area contributed by atoms with Crippen LogP contribution in [0, 0.1) is 12.7 Å². The van der Waals surface area contributed by atoms with E-state index >= 15 is 0 Å². The fraction of sp³-hybridized carbons (Fsp3) is 0.308. The molecule has 0 N–H and O–H groups in total. The highest BCUT2D eigenvalue weighted by molar-refractivity contribution is 5.88. The summed E-state index contributed by atoms with van der Waals surface area (Å²) in [5.41, 5.74) is 1.04. The standard InChI is InChI=1S/C13H15FO3/c1-4-16-13(15)10(3)8-17-12-7-9(2)5-6-11(12)14/h5-7H,3-4,8H2,1-2H3. The molecule has 0 bridgehead atoms. The first-order valence-corrected chi connectivity index (χ1v) is 5.28. The third kappa shape index (κ3) is 3.90. The molecular weight excluding hydrogens is 223 g/mol. The normalized spacial score (nSPS) is 9.82. The van der Waals surface area contributed by atoms with Crippen molar-refractivity contribution in [3.63, 3.8) is 0 Å². The van der Waals surface area contributed by atoms with E-state index in [2.05, 4.69) is 6.58 Å². The van der Waals surface area contributed by atoms with Crippen LogP contribution >= 0.6 is 0 Å². The van der Waals surface area contributed by atoms with Crippen molar-refractivity contribution in [1.29, 1.82) is 0 Å². The van der Waals surface area contributed by atoms with Crippen molar-refractivity contribution >= 4 is 5.97 Å². The number of rotatable bonds is 5. The van der Waals surface area contributed by atoms with Crippen LogP contribution in [0.5, 0.6) is 5.75 Å². The lowest BCUT2D eigenvalue weighted by molar-refractivity contribution is -0.138. The molecule has 0 fully saturated rings. The van der Waals surface area contributed by atoms with Gasteiger partial charge in [-0.15, -0.1) is 0 Å². The maximum atomic E-state index is 13.3. The fourth-order valence-electron chi connectivity index (χ4n) is 1.18. The van der Waals surface area contributed by atoms with Gasteiger partial charge in [-0.3, -0.25) is 0 Å². The van der Waals surface area contributed by atoms with Crippen molar-refractivity contribution in [2.24, 2.45) is 0 Å². The van der Waals surface area contributed by atoms with Crippen LogP contribution in [0.4, 0.5) is 4.39 Å². The first-order valence-electron chi connectivity index (χ1n) is 5.28. The Bertz CT molecular complexity index is 427. The topological polar surface area (TPSA) is 35.5 Å². The van der Waals surface area contributed by atoms with Crippen LogP contribution in [0.2, 0.25) is 0 Å². The zero-order valence-corrected chi connectivity index (χ0v) is 9.96. The predicted molar refractivity (Wildman–Crippen MR) is 62.4 cm³/mol. The molecule has 1 rings (SSSR count). The summed E-state index contributed by atoms with van der Waals surface area (Å²) in [4.78, 5) is 11.2. The van der Waals surface area contributed by atoms with Gasteiger partial charge in [0.1, 0.15) is 6.61 Å². The van der Waals surface area contributed by atoms with Gasteiger partial charge in [0, 0.05) is 0 Å². The van der Waals surface area contributed by atoms with Crippen molar-refractivity contribution in [2.75, 3.05) is 13.2 Å². The van der Waals surface area contributed by atoms with E-state index in [0.29, 0.717) is 0 Å². The molecule has 0 saturated carbocycles. The Morgan fingerprint density at radius 2 is 2.18 bits per heavy atom. The van der Waals surface area contributed by atoms with Gasteiger partial charge < -0.3 is 9.47 Å². The monoisotopic (exact) mass is 238 g/mol. The van der Waals surface area contributed by atoms with E-state index in [1.54, 1.807) is 19.1 Å². The molecule has 92 valence electrons. The minimum Gasteiger partial charge on any atom is -0.486 e. The largest absolute Gasteiger partial charge is 0.486 e. The molecule has 0 spiro atoms. The molecule has 17 heavy (non-hydrogen) atoms. The van der Waals surface area contributed by atoms with E-state index in [1.807, 2.05) is 6.92 Å².